The molecule has 3 atom stereocenters. The van der Waals surface area contributed by atoms with Crippen molar-refractivity contribution in [3.05, 3.63) is 0 Å². The number of ether oxygens (including phenoxy) is 2. The van der Waals surface area contributed by atoms with Gasteiger partial charge in [-0.05, 0) is 12.3 Å². The molecule has 1 aliphatic rings. The SMILES string of the molecule is CCCCC(CC)COC[C@H]1C[C@@H](O)CO1. The van der Waals surface area contributed by atoms with E-state index >= 15 is 0 Å². The number of rotatable bonds is 8. The summed E-state index contributed by atoms with van der Waals surface area (Å²) in [4.78, 5) is 0. The summed E-state index contributed by atoms with van der Waals surface area (Å²) in [6, 6.07) is 0. The van der Waals surface area contributed by atoms with E-state index in [1.54, 1.807) is 0 Å². The molecular weight excluding hydrogens is 204 g/mol. The summed E-state index contributed by atoms with van der Waals surface area (Å²) >= 11 is 0. The van der Waals surface area contributed by atoms with Gasteiger partial charge >= 0.3 is 0 Å². The molecule has 0 aliphatic carbocycles. The first kappa shape index (κ1) is 13.9. The fourth-order valence-corrected chi connectivity index (χ4v) is 2.07. The molecule has 1 unspecified atom stereocenters. The van der Waals surface area contributed by atoms with Crippen molar-refractivity contribution < 1.29 is 14.6 Å². The Hall–Kier alpha value is -0.120. The van der Waals surface area contributed by atoms with Gasteiger partial charge in [-0.1, -0.05) is 33.1 Å². The van der Waals surface area contributed by atoms with Crippen molar-refractivity contribution in [3.8, 4) is 0 Å². The Kier molecular flexibility index (Phi) is 7.01. The Morgan fingerprint density at radius 1 is 1.44 bits per heavy atom. The smallest absolute Gasteiger partial charge is 0.0835 e. The molecule has 0 aromatic carbocycles. The number of unbranched alkanes of at least 4 members (excludes halogenated alkanes) is 1. The molecule has 0 saturated carbocycles. The standard InChI is InChI=1S/C13H26O3/c1-3-5-6-11(4-2)8-15-10-13-7-12(14)9-16-13/h11-14H,3-10H2,1-2H3/t11?,12-,13-/m1/s1. The van der Waals surface area contributed by atoms with Crippen LogP contribution in [0.3, 0.4) is 0 Å². The normalized spacial score (nSPS) is 27.2. The molecule has 1 aliphatic heterocycles. The average Bonchev–Trinajstić information content (AvgIpc) is 2.69. The third-order valence-electron chi connectivity index (χ3n) is 3.26. The van der Waals surface area contributed by atoms with E-state index in [4.69, 9.17) is 9.47 Å². The number of aliphatic hydroxyl groups is 1. The van der Waals surface area contributed by atoms with E-state index in [0.29, 0.717) is 19.1 Å². The van der Waals surface area contributed by atoms with Crippen molar-refractivity contribution in [2.75, 3.05) is 19.8 Å². The molecule has 1 saturated heterocycles. The maximum atomic E-state index is 9.29. The molecule has 1 rings (SSSR count). The van der Waals surface area contributed by atoms with E-state index in [1.165, 1.54) is 25.7 Å². The van der Waals surface area contributed by atoms with Crippen LogP contribution in [0.4, 0.5) is 0 Å². The second kappa shape index (κ2) is 8.04. The fourth-order valence-electron chi connectivity index (χ4n) is 2.07. The zero-order valence-corrected chi connectivity index (χ0v) is 10.7. The molecular formula is C13H26O3. The zero-order valence-electron chi connectivity index (χ0n) is 10.7. The molecule has 3 nitrogen and oxygen atoms in total. The summed E-state index contributed by atoms with van der Waals surface area (Å²) in [5.74, 6) is 0.686. The zero-order chi connectivity index (χ0) is 11.8. The molecule has 0 aromatic rings. The predicted octanol–water partition coefficient (Wildman–Crippen LogP) is 2.37. The monoisotopic (exact) mass is 230 g/mol. The average molecular weight is 230 g/mol. The van der Waals surface area contributed by atoms with Crippen molar-refractivity contribution in [1.82, 2.24) is 0 Å². The van der Waals surface area contributed by atoms with Gasteiger partial charge in [0.1, 0.15) is 0 Å². The Bertz CT molecular complexity index is 173. The van der Waals surface area contributed by atoms with Gasteiger partial charge in [-0.2, -0.15) is 0 Å². The van der Waals surface area contributed by atoms with Crippen LogP contribution >= 0.6 is 0 Å². The van der Waals surface area contributed by atoms with E-state index in [0.717, 1.165) is 13.0 Å². The summed E-state index contributed by atoms with van der Waals surface area (Å²) in [7, 11) is 0. The van der Waals surface area contributed by atoms with Crippen molar-refractivity contribution >= 4 is 0 Å². The van der Waals surface area contributed by atoms with Gasteiger partial charge in [0.25, 0.3) is 0 Å². The minimum atomic E-state index is -0.282. The van der Waals surface area contributed by atoms with Crippen LogP contribution in [0.5, 0.6) is 0 Å². The third-order valence-corrected chi connectivity index (χ3v) is 3.26. The van der Waals surface area contributed by atoms with Crippen LogP contribution in [0.2, 0.25) is 0 Å². The van der Waals surface area contributed by atoms with E-state index in [1.807, 2.05) is 0 Å². The van der Waals surface area contributed by atoms with Gasteiger partial charge in [0.2, 0.25) is 0 Å². The summed E-state index contributed by atoms with van der Waals surface area (Å²) in [5, 5.41) is 9.29. The molecule has 0 radical (unpaired) electrons. The molecule has 1 N–H and O–H groups in total. The van der Waals surface area contributed by atoms with E-state index in [-0.39, 0.29) is 12.2 Å². The third kappa shape index (κ3) is 5.28. The van der Waals surface area contributed by atoms with Gasteiger partial charge in [0, 0.05) is 13.0 Å². The van der Waals surface area contributed by atoms with Gasteiger partial charge in [-0.25, -0.2) is 0 Å². The second-order valence-corrected chi connectivity index (χ2v) is 4.80. The highest BCUT2D eigenvalue weighted by Crippen LogP contribution is 2.16. The number of aliphatic hydroxyl groups excluding tert-OH is 1. The first-order chi connectivity index (χ1) is 7.76. The molecule has 1 heterocycles. The molecule has 96 valence electrons. The van der Waals surface area contributed by atoms with Gasteiger partial charge in [-0.3, -0.25) is 0 Å². The van der Waals surface area contributed by atoms with Crippen LogP contribution in [-0.4, -0.2) is 37.1 Å². The van der Waals surface area contributed by atoms with Gasteiger partial charge in [0.15, 0.2) is 0 Å². The largest absolute Gasteiger partial charge is 0.391 e. The topological polar surface area (TPSA) is 38.7 Å². The van der Waals surface area contributed by atoms with Crippen LogP contribution in [0, 0.1) is 5.92 Å². The minimum absolute atomic E-state index is 0.110. The molecule has 3 heteroatoms. The van der Waals surface area contributed by atoms with Crippen LogP contribution in [0.1, 0.15) is 46.0 Å². The molecule has 16 heavy (non-hydrogen) atoms. The fraction of sp³-hybridized carbons (Fsp3) is 1.00. The van der Waals surface area contributed by atoms with E-state index in [9.17, 15) is 5.11 Å². The van der Waals surface area contributed by atoms with Crippen molar-refractivity contribution in [3.63, 3.8) is 0 Å². The van der Waals surface area contributed by atoms with Crippen LogP contribution in [-0.2, 0) is 9.47 Å². The Morgan fingerprint density at radius 3 is 2.81 bits per heavy atom. The summed E-state index contributed by atoms with van der Waals surface area (Å²) < 4.78 is 11.1. The van der Waals surface area contributed by atoms with Crippen molar-refractivity contribution in [1.29, 1.82) is 0 Å². The van der Waals surface area contributed by atoms with Crippen molar-refractivity contribution in [2.24, 2.45) is 5.92 Å². The highest BCUT2D eigenvalue weighted by Gasteiger charge is 2.23. The predicted molar refractivity (Wildman–Crippen MR) is 64.5 cm³/mol. The van der Waals surface area contributed by atoms with Gasteiger partial charge < -0.3 is 14.6 Å². The molecule has 1 fully saturated rings. The Labute approximate surface area is 99.1 Å². The lowest BCUT2D eigenvalue weighted by Crippen LogP contribution is -2.18. The van der Waals surface area contributed by atoms with Gasteiger partial charge in [-0.15, -0.1) is 0 Å². The lowest BCUT2D eigenvalue weighted by molar-refractivity contribution is 0.00203. The highest BCUT2D eigenvalue weighted by molar-refractivity contribution is 4.71. The quantitative estimate of drug-likeness (QED) is 0.695. The Balaban J connectivity index is 2.04. The minimum Gasteiger partial charge on any atom is -0.391 e. The molecule has 0 spiro atoms. The van der Waals surface area contributed by atoms with Crippen molar-refractivity contribution in [2.45, 2.75) is 58.2 Å². The lowest BCUT2D eigenvalue weighted by atomic mass is 10.0. The molecule has 0 aromatic heterocycles. The Morgan fingerprint density at radius 2 is 2.25 bits per heavy atom. The van der Waals surface area contributed by atoms with Gasteiger partial charge in [0.05, 0.1) is 25.4 Å². The maximum Gasteiger partial charge on any atom is 0.0835 e. The lowest BCUT2D eigenvalue weighted by Gasteiger charge is -2.16. The summed E-state index contributed by atoms with van der Waals surface area (Å²) in [5.41, 5.74) is 0. The first-order valence-electron chi connectivity index (χ1n) is 6.63. The number of hydrogen-bond acceptors (Lipinski definition) is 3. The first-order valence-corrected chi connectivity index (χ1v) is 6.63. The van der Waals surface area contributed by atoms with E-state index in [2.05, 4.69) is 13.8 Å². The van der Waals surface area contributed by atoms with Crippen LogP contribution in [0.25, 0.3) is 0 Å². The summed E-state index contributed by atoms with van der Waals surface area (Å²) in [6.07, 6.45) is 5.56. The van der Waals surface area contributed by atoms with Crippen LogP contribution < -0.4 is 0 Å². The maximum absolute atomic E-state index is 9.29. The van der Waals surface area contributed by atoms with E-state index < -0.39 is 0 Å². The molecule has 0 amide bonds. The number of hydrogen-bond donors (Lipinski definition) is 1. The second-order valence-electron chi connectivity index (χ2n) is 4.80. The molecule has 0 bridgehead atoms. The van der Waals surface area contributed by atoms with Crippen LogP contribution in [0.15, 0.2) is 0 Å². The highest BCUT2D eigenvalue weighted by atomic mass is 16.5. The summed E-state index contributed by atoms with van der Waals surface area (Å²) in [6.45, 7) is 6.40.